The van der Waals surface area contributed by atoms with Crippen LogP contribution in [0.1, 0.15) is 40.4 Å². The number of amides is 1. The Bertz CT molecular complexity index is 1170. The van der Waals surface area contributed by atoms with Gasteiger partial charge < -0.3 is 15.0 Å². The molecule has 2 aliphatic heterocycles. The summed E-state index contributed by atoms with van der Waals surface area (Å²) in [5.74, 6) is -0.574. The minimum Gasteiger partial charge on any atom is -0.373 e. The topological polar surface area (TPSA) is 60.5 Å². The van der Waals surface area contributed by atoms with Crippen molar-refractivity contribution >= 4 is 22.5 Å². The minimum absolute atomic E-state index is 0.0403. The monoisotopic (exact) mass is 419 g/mol. The number of para-hydroxylation sites is 1. The maximum absolute atomic E-state index is 14.3. The lowest BCUT2D eigenvalue weighted by Gasteiger charge is -2.31. The van der Waals surface area contributed by atoms with Crippen molar-refractivity contribution in [2.45, 2.75) is 25.4 Å². The number of hydrogen-bond donors (Lipinski definition) is 1. The number of ether oxygens (including phenoxy) is 1. The quantitative estimate of drug-likeness (QED) is 0.677. The first-order valence-corrected chi connectivity index (χ1v) is 10.8. The number of fused-ring (bicyclic) bond motifs is 2. The van der Waals surface area contributed by atoms with Crippen molar-refractivity contribution in [1.29, 1.82) is 0 Å². The van der Waals surface area contributed by atoms with Gasteiger partial charge in [-0.2, -0.15) is 0 Å². The van der Waals surface area contributed by atoms with Gasteiger partial charge in [0.1, 0.15) is 5.82 Å². The molecule has 0 spiro atoms. The summed E-state index contributed by atoms with van der Waals surface area (Å²) in [5, 5.41) is 0.927. The van der Waals surface area contributed by atoms with Crippen molar-refractivity contribution in [2.75, 3.05) is 26.2 Å². The van der Waals surface area contributed by atoms with Gasteiger partial charge in [0, 0.05) is 48.9 Å². The highest BCUT2D eigenvalue weighted by Crippen LogP contribution is 2.31. The van der Waals surface area contributed by atoms with Crippen LogP contribution in [-0.2, 0) is 11.2 Å². The lowest BCUT2D eigenvalue weighted by Crippen LogP contribution is -2.32. The molecule has 1 amide bonds. The largest absolute Gasteiger partial charge is 0.373 e. The molecule has 0 radical (unpaired) electrons. The van der Waals surface area contributed by atoms with E-state index in [1.807, 2.05) is 35.0 Å². The van der Waals surface area contributed by atoms with Gasteiger partial charge in [-0.25, -0.2) is 4.39 Å². The molecule has 1 aromatic heterocycles. The maximum Gasteiger partial charge on any atom is 0.248 e. The first-order chi connectivity index (χ1) is 15.1. The molecule has 3 aromatic rings. The lowest BCUT2D eigenvalue weighted by atomic mass is 9.93. The van der Waals surface area contributed by atoms with Crippen LogP contribution >= 0.6 is 0 Å². The van der Waals surface area contributed by atoms with Gasteiger partial charge in [0.05, 0.1) is 18.2 Å². The summed E-state index contributed by atoms with van der Waals surface area (Å²) < 4.78 is 22.3. The summed E-state index contributed by atoms with van der Waals surface area (Å²) in [7, 11) is 0. The van der Waals surface area contributed by atoms with Gasteiger partial charge in [-0.05, 0) is 48.2 Å². The van der Waals surface area contributed by atoms with Crippen molar-refractivity contribution in [2.24, 2.45) is 5.73 Å². The molecule has 6 heteroatoms. The predicted molar refractivity (Wildman–Crippen MR) is 119 cm³/mol. The van der Waals surface area contributed by atoms with E-state index < -0.39 is 5.91 Å². The fourth-order valence-corrected chi connectivity index (χ4v) is 4.74. The SMILES string of the molecule is NC(=O)c1ccc2c(c1)CCOC2CCN1CC=C(n2ccc3cccc(F)c32)CC1. The molecule has 0 saturated heterocycles. The zero-order valence-electron chi connectivity index (χ0n) is 17.4. The number of benzene rings is 2. The average Bonchev–Trinajstić information content (AvgIpc) is 3.23. The van der Waals surface area contributed by atoms with E-state index in [0.717, 1.165) is 55.5 Å². The second kappa shape index (κ2) is 8.29. The molecule has 0 bridgehead atoms. The Kier molecular flexibility index (Phi) is 5.34. The third-order valence-electron chi connectivity index (χ3n) is 6.41. The minimum atomic E-state index is -0.392. The molecule has 0 saturated carbocycles. The number of halogens is 1. The predicted octanol–water partition coefficient (Wildman–Crippen LogP) is 4.13. The van der Waals surface area contributed by atoms with Crippen LogP contribution in [0.3, 0.4) is 0 Å². The van der Waals surface area contributed by atoms with Crippen LogP contribution in [0.15, 0.2) is 54.7 Å². The van der Waals surface area contributed by atoms with E-state index in [1.165, 1.54) is 11.6 Å². The number of aromatic nitrogens is 1. The molecule has 5 nitrogen and oxygen atoms in total. The fraction of sp³-hybridized carbons (Fsp3) is 0.320. The summed E-state index contributed by atoms with van der Waals surface area (Å²) in [5.41, 5.74) is 10.1. The molecule has 31 heavy (non-hydrogen) atoms. The van der Waals surface area contributed by atoms with Gasteiger partial charge in [0.2, 0.25) is 5.91 Å². The Morgan fingerprint density at radius 2 is 2.10 bits per heavy atom. The summed E-state index contributed by atoms with van der Waals surface area (Å²) in [4.78, 5) is 13.9. The van der Waals surface area contributed by atoms with E-state index >= 15 is 0 Å². The molecule has 2 aliphatic rings. The van der Waals surface area contributed by atoms with Gasteiger partial charge in [0.25, 0.3) is 0 Å². The van der Waals surface area contributed by atoms with Gasteiger partial charge in [-0.1, -0.05) is 24.3 Å². The van der Waals surface area contributed by atoms with Crippen LogP contribution in [0.4, 0.5) is 4.39 Å². The molecule has 1 unspecified atom stereocenters. The van der Waals surface area contributed by atoms with Crippen molar-refractivity contribution in [1.82, 2.24) is 9.47 Å². The van der Waals surface area contributed by atoms with Crippen molar-refractivity contribution < 1.29 is 13.9 Å². The highest BCUT2D eigenvalue weighted by Gasteiger charge is 2.23. The molecule has 2 aromatic carbocycles. The van der Waals surface area contributed by atoms with Gasteiger partial charge in [0.15, 0.2) is 0 Å². The summed E-state index contributed by atoms with van der Waals surface area (Å²) in [6, 6.07) is 12.9. The third-order valence-corrected chi connectivity index (χ3v) is 6.41. The summed E-state index contributed by atoms with van der Waals surface area (Å²) >= 11 is 0. The molecule has 0 aliphatic carbocycles. The molecule has 160 valence electrons. The molecule has 1 atom stereocenters. The highest BCUT2D eigenvalue weighted by atomic mass is 19.1. The smallest absolute Gasteiger partial charge is 0.248 e. The number of nitrogens with zero attached hydrogens (tertiary/aromatic N) is 2. The lowest BCUT2D eigenvalue weighted by molar-refractivity contribution is 0.0299. The Morgan fingerprint density at radius 3 is 2.90 bits per heavy atom. The van der Waals surface area contributed by atoms with E-state index in [1.54, 1.807) is 12.1 Å². The molecular weight excluding hydrogens is 393 g/mol. The number of carbonyl (C=O) groups is 1. The van der Waals surface area contributed by atoms with Crippen molar-refractivity contribution in [3.05, 3.63) is 77.2 Å². The number of rotatable bonds is 5. The van der Waals surface area contributed by atoms with E-state index in [-0.39, 0.29) is 11.9 Å². The van der Waals surface area contributed by atoms with Crippen LogP contribution in [0.25, 0.3) is 16.6 Å². The molecular formula is C25H26FN3O2. The summed E-state index contributed by atoms with van der Waals surface area (Å²) in [6.45, 7) is 3.35. The Balaban J connectivity index is 1.25. The molecule has 3 heterocycles. The van der Waals surface area contributed by atoms with Crippen LogP contribution < -0.4 is 5.73 Å². The Labute approximate surface area is 180 Å². The number of primary amides is 1. The maximum atomic E-state index is 14.3. The van der Waals surface area contributed by atoms with Crippen LogP contribution in [0.5, 0.6) is 0 Å². The van der Waals surface area contributed by atoms with Crippen LogP contribution in [0.2, 0.25) is 0 Å². The normalized spacial score (nSPS) is 19.3. The highest BCUT2D eigenvalue weighted by molar-refractivity contribution is 5.93. The number of carbonyl (C=O) groups excluding carboxylic acids is 1. The van der Waals surface area contributed by atoms with Crippen molar-refractivity contribution in [3.63, 3.8) is 0 Å². The van der Waals surface area contributed by atoms with Gasteiger partial charge in [-0.3, -0.25) is 9.69 Å². The zero-order valence-corrected chi connectivity index (χ0v) is 17.4. The zero-order chi connectivity index (χ0) is 21.4. The fourth-order valence-electron chi connectivity index (χ4n) is 4.74. The van der Waals surface area contributed by atoms with Gasteiger partial charge >= 0.3 is 0 Å². The van der Waals surface area contributed by atoms with Crippen LogP contribution in [-0.4, -0.2) is 41.6 Å². The van der Waals surface area contributed by atoms with E-state index in [2.05, 4.69) is 11.0 Å². The molecule has 5 rings (SSSR count). The van der Waals surface area contributed by atoms with Gasteiger partial charge in [-0.15, -0.1) is 0 Å². The second-order valence-corrected chi connectivity index (χ2v) is 8.29. The summed E-state index contributed by atoms with van der Waals surface area (Å²) in [6.07, 6.45) is 6.78. The van der Waals surface area contributed by atoms with E-state index in [4.69, 9.17) is 10.5 Å². The number of hydrogen-bond acceptors (Lipinski definition) is 3. The van der Waals surface area contributed by atoms with E-state index in [9.17, 15) is 9.18 Å². The molecule has 2 N–H and O–H groups in total. The van der Waals surface area contributed by atoms with Crippen LogP contribution in [0, 0.1) is 5.82 Å². The Hall–Kier alpha value is -2.96. The van der Waals surface area contributed by atoms with Crippen molar-refractivity contribution in [3.8, 4) is 0 Å². The van der Waals surface area contributed by atoms with E-state index in [0.29, 0.717) is 17.7 Å². The Morgan fingerprint density at radius 1 is 1.19 bits per heavy atom. The standard InChI is InChI=1S/C25H26FN3O2/c26-22-3-1-2-17-6-14-29(24(17)22)20-7-11-28(12-8-20)13-9-23-21-5-4-19(25(27)30)16-18(21)10-15-31-23/h1-7,14,16,23H,8-13,15H2,(H2,27,30). The molecule has 0 fully saturated rings. The first kappa shape index (κ1) is 20.0. The first-order valence-electron chi connectivity index (χ1n) is 10.8. The second-order valence-electron chi connectivity index (χ2n) is 8.29. The third kappa shape index (κ3) is 3.89. The average molecular weight is 420 g/mol. The number of nitrogens with two attached hydrogens (primary N) is 1.